The van der Waals surface area contributed by atoms with Gasteiger partial charge >= 0.3 is 0 Å². The molecule has 0 saturated carbocycles. The molecule has 1 amide bonds. The molecule has 1 aromatic carbocycles. The van der Waals surface area contributed by atoms with E-state index in [1.165, 1.54) is 12.1 Å². The lowest BCUT2D eigenvalue weighted by molar-refractivity contribution is -0.116. The summed E-state index contributed by atoms with van der Waals surface area (Å²) in [5, 5.41) is 12.6. The number of rotatable bonds is 8. The molecule has 3 N–H and O–H groups in total. The largest absolute Gasteiger partial charge is 0.376 e. The third-order valence-electron chi connectivity index (χ3n) is 4.72. The van der Waals surface area contributed by atoms with Crippen molar-refractivity contribution in [3.63, 3.8) is 0 Å². The molecule has 0 radical (unpaired) electrons. The van der Waals surface area contributed by atoms with Crippen LogP contribution in [0.4, 0.5) is 11.4 Å². The number of carbonyl (C=O) groups is 1. The number of amides is 1. The molecule has 8 nitrogen and oxygen atoms in total. The molecular weight excluding hydrogens is 390 g/mol. The van der Waals surface area contributed by atoms with E-state index in [-0.39, 0.29) is 17.2 Å². The summed E-state index contributed by atoms with van der Waals surface area (Å²) in [4.78, 5) is 14.3. The standard InChI is InChI=1S/C20H31N5O3S/c1-13(2)12-25-15(4)17(14(3)23-25)8-10-20(26)22-18-11-16(29(21,27)28)7-9-19(18)24(5)6/h7,9,11,13H,8,10,12H2,1-6H3,(H,22,26)(H2,21,27,28). The second kappa shape index (κ2) is 8.96. The third-order valence-corrected chi connectivity index (χ3v) is 5.63. The molecule has 0 aliphatic carbocycles. The number of nitrogens with two attached hydrogens (primary N) is 1. The predicted molar refractivity (Wildman–Crippen MR) is 116 cm³/mol. The first-order valence-corrected chi connectivity index (χ1v) is 11.1. The van der Waals surface area contributed by atoms with Crippen molar-refractivity contribution in [3.8, 4) is 0 Å². The molecule has 9 heteroatoms. The molecule has 0 bridgehead atoms. The fourth-order valence-electron chi connectivity index (χ4n) is 3.25. The van der Waals surface area contributed by atoms with E-state index < -0.39 is 10.0 Å². The molecule has 160 valence electrons. The van der Waals surface area contributed by atoms with Crippen LogP contribution in [0, 0.1) is 19.8 Å². The summed E-state index contributed by atoms with van der Waals surface area (Å²) in [6, 6.07) is 4.44. The van der Waals surface area contributed by atoms with Crippen LogP contribution in [0.3, 0.4) is 0 Å². The number of carbonyl (C=O) groups excluding carboxylic acids is 1. The first-order chi connectivity index (χ1) is 13.4. The topological polar surface area (TPSA) is 110 Å². The number of hydrogen-bond acceptors (Lipinski definition) is 5. The van der Waals surface area contributed by atoms with Crippen LogP contribution in [0.25, 0.3) is 0 Å². The van der Waals surface area contributed by atoms with Crippen molar-refractivity contribution in [3.05, 3.63) is 35.2 Å². The van der Waals surface area contributed by atoms with Crippen LogP contribution < -0.4 is 15.4 Å². The molecule has 0 atom stereocenters. The minimum atomic E-state index is -3.86. The zero-order valence-electron chi connectivity index (χ0n) is 18.0. The average molecular weight is 422 g/mol. The van der Waals surface area contributed by atoms with Gasteiger partial charge in [-0.15, -0.1) is 0 Å². The number of anilines is 2. The van der Waals surface area contributed by atoms with Crippen molar-refractivity contribution in [2.24, 2.45) is 11.1 Å². The number of benzene rings is 1. The normalized spacial score (nSPS) is 11.7. The Morgan fingerprint density at radius 2 is 1.93 bits per heavy atom. The molecule has 0 fully saturated rings. The lowest BCUT2D eigenvalue weighted by Crippen LogP contribution is -2.19. The van der Waals surface area contributed by atoms with Crippen LogP contribution in [0.5, 0.6) is 0 Å². The zero-order chi connectivity index (χ0) is 21.9. The first kappa shape index (κ1) is 22.9. The first-order valence-electron chi connectivity index (χ1n) is 9.57. The summed E-state index contributed by atoms with van der Waals surface area (Å²) >= 11 is 0. The van der Waals surface area contributed by atoms with Crippen molar-refractivity contribution < 1.29 is 13.2 Å². The molecule has 0 saturated heterocycles. The van der Waals surface area contributed by atoms with E-state index in [4.69, 9.17) is 5.14 Å². The van der Waals surface area contributed by atoms with E-state index in [0.717, 1.165) is 23.5 Å². The Bertz CT molecular complexity index is 994. The molecule has 2 rings (SSSR count). The minimum absolute atomic E-state index is 0.0416. The highest BCUT2D eigenvalue weighted by Crippen LogP contribution is 2.27. The Morgan fingerprint density at radius 3 is 2.48 bits per heavy atom. The highest BCUT2D eigenvalue weighted by atomic mass is 32.2. The maximum atomic E-state index is 12.6. The number of hydrogen-bond donors (Lipinski definition) is 2. The van der Waals surface area contributed by atoms with E-state index in [2.05, 4.69) is 24.3 Å². The van der Waals surface area contributed by atoms with Gasteiger partial charge in [0.15, 0.2) is 0 Å². The molecule has 0 unspecified atom stereocenters. The van der Waals surface area contributed by atoms with Gasteiger partial charge in [0.05, 0.1) is 22.0 Å². The van der Waals surface area contributed by atoms with Crippen LogP contribution >= 0.6 is 0 Å². The van der Waals surface area contributed by atoms with E-state index in [0.29, 0.717) is 23.7 Å². The Morgan fingerprint density at radius 1 is 1.28 bits per heavy atom. The summed E-state index contributed by atoms with van der Waals surface area (Å²) < 4.78 is 25.3. The molecule has 2 aromatic rings. The smallest absolute Gasteiger partial charge is 0.238 e. The zero-order valence-corrected chi connectivity index (χ0v) is 18.8. The number of aromatic nitrogens is 2. The lowest BCUT2D eigenvalue weighted by atomic mass is 10.1. The van der Waals surface area contributed by atoms with Crippen LogP contribution in [0.1, 0.15) is 37.2 Å². The Balaban J connectivity index is 2.17. The molecule has 0 aliphatic heterocycles. The minimum Gasteiger partial charge on any atom is -0.376 e. The maximum Gasteiger partial charge on any atom is 0.238 e. The van der Waals surface area contributed by atoms with Gasteiger partial charge in [-0.25, -0.2) is 13.6 Å². The second-order valence-electron chi connectivity index (χ2n) is 7.89. The van der Waals surface area contributed by atoms with Crippen LogP contribution in [-0.2, 0) is 27.8 Å². The van der Waals surface area contributed by atoms with Gasteiger partial charge in [0.25, 0.3) is 0 Å². The van der Waals surface area contributed by atoms with Gasteiger partial charge in [0, 0.05) is 32.8 Å². The molecule has 1 aromatic heterocycles. The number of nitrogens with one attached hydrogen (secondary N) is 1. The van der Waals surface area contributed by atoms with Crippen molar-refractivity contribution >= 4 is 27.3 Å². The lowest BCUT2D eigenvalue weighted by Gasteiger charge is -2.19. The van der Waals surface area contributed by atoms with Crippen molar-refractivity contribution in [1.82, 2.24) is 9.78 Å². The quantitative estimate of drug-likeness (QED) is 0.680. The van der Waals surface area contributed by atoms with Gasteiger partial charge in [-0.2, -0.15) is 5.10 Å². The van der Waals surface area contributed by atoms with Gasteiger partial charge in [0.2, 0.25) is 15.9 Å². The molecule has 29 heavy (non-hydrogen) atoms. The Kier molecular flexibility index (Phi) is 7.07. The van der Waals surface area contributed by atoms with E-state index >= 15 is 0 Å². The number of sulfonamides is 1. The summed E-state index contributed by atoms with van der Waals surface area (Å²) in [6.07, 6.45) is 0.829. The predicted octanol–water partition coefficient (Wildman–Crippen LogP) is 2.44. The summed E-state index contributed by atoms with van der Waals surface area (Å²) in [6.45, 7) is 9.10. The summed E-state index contributed by atoms with van der Waals surface area (Å²) in [7, 11) is -0.224. The molecule has 1 heterocycles. The number of primary sulfonamides is 1. The highest BCUT2D eigenvalue weighted by molar-refractivity contribution is 7.89. The average Bonchev–Trinajstić information content (AvgIpc) is 2.84. The fraction of sp³-hybridized carbons (Fsp3) is 0.500. The maximum absolute atomic E-state index is 12.6. The van der Waals surface area contributed by atoms with Crippen molar-refractivity contribution in [1.29, 1.82) is 0 Å². The van der Waals surface area contributed by atoms with Crippen LogP contribution in [0.2, 0.25) is 0 Å². The van der Waals surface area contributed by atoms with Gasteiger partial charge in [0.1, 0.15) is 0 Å². The van der Waals surface area contributed by atoms with Crippen LogP contribution in [0.15, 0.2) is 23.1 Å². The SMILES string of the molecule is Cc1nn(CC(C)C)c(C)c1CCC(=O)Nc1cc(S(N)(=O)=O)ccc1N(C)C. The van der Waals surface area contributed by atoms with Crippen LogP contribution in [-0.4, -0.2) is 38.2 Å². The monoisotopic (exact) mass is 421 g/mol. The highest BCUT2D eigenvalue weighted by Gasteiger charge is 2.17. The van der Waals surface area contributed by atoms with E-state index in [9.17, 15) is 13.2 Å². The van der Waals surface area contributed by atoms with Crippen molar-refractivity contribution in [2.75, 3.05) is 24.3 Å². The van der Waals surface area contributed by atoms with Gasteiger partial charge in [-0.1, -0.05) is 13.8 Å². The Labute approximate surface area is 173 Å². The molecule has 0 aliphatic rings. The Hall–Kier alpha value is -2.39. The number of aryl methyl sites for hydroxylation is 1. The van der Waals surface area contributed by atoms with Gasteiger partial charge in [-0.3, -0.25) is 9.48 Å². The van der Waals surface area contributed by atoms with E-state index in [1.54, 1.807) is 11.0 Å². The summed E-state index contributed by atoms with van der Waals surface area (Å²) in [5.74, 6) is 0.287. The number of nitrogens with zero attached hydrogens (tertiary/aromatic N) is 3. The summed E-state index contributed by atoms with van der Waals surface area (Å²) in [5.41, 5.74) is 4.20. The molecular formula is C20H31N5O3S. The van der Waals surface area contributed by atoms with Gasteiger partial charge < -0.3 is 10.2 Å². The second-order valence-corrected chi connectivity index (χ2v) is 9.45. The van der Waals surface area contributed by atoms with Gasteiger partial charge in [-0.05, 0) is 49.9 Å². The van der Waals surface area contributed by atoms with E-state index in [1.807, 2.05) is 32.6 Å². The molecule has 0 spiro atoms. The third kappa shape index (κ3) is 5.80. The fourth-order valence-corrected chi connectivity index (χ4v) is 3.79. The van der Waals surface area contributed by atoms with Crippen molar-refractivity contribution in [2.45, 2.75) is 52.0 Å².